The molecule has 0 aliphatic carbocycles. The van der Waals surface area contributed by atoms with Gasteiger partial charge in [0.05, 0.1) is 3.79 Å². The van der Waals surface area contributed by atoms with E-state index in [2.05, 4.69) is 20.8 Å². The van der Waals surface area contributed by atoms with Crippen LogP contribution in [-0.4, -0.2) is 55.7 Å². The Kier molecular flexibility index (Phi) is 4.86. The highest BCUT2D eigenvalue weighted by Gasteiger charge is 2.30. The molecular weight excluding hydrogens is 444 g/mol. The first kappa shape index (κ1) is 18.1. The molecule has 1 aromatic carbocycles. The molecule has 2 aliphatic heterocycles. The summed E-state index contributed by atoms with van der Waals surface area (Å²) in [6.45, 7) is 2.72. The zero-order valence-corrected chi connectivity index (χ0v) is 16.9. The average molecular weight is 461 g/mol. The number of phenols is 1. The van der Waals surface area contributed by atoms with E-state index in [9.17, 15) is 13.5 Å². The molecule has 26 heavy (non-hydrogen) atoms. The second kappa shape index (κ2) is 7.01. The van der Waals surface area contributed by atoms with Crippen molar-refractivity contribution in [3.63, 3.8) is 0 Å². The van der Waals surface area contributed by atoms with Crippen LogP contribution in [0.2, 0.25) is 0 Å². The summed E-state index contributed by atoms with van der Waals surface area (Å²) in [5, 5.41) is 10.2. The lowest BCUT2D eigenvalue weighted by Gasteiger charge is -2.33. The Hall–Kier alpha value is -1.33. The fraction of sp³-hybridized carbons (Fsp3) is 0.375. The lowest BCUT2D eigenvalue weighted by atomic mass is 10.1. The molecule has 0 atom stereocenters. The predicted molar refractivity (Wildman–Crippen MR) is 100 cm³/mol. The first-order valence-electron chi connectivity index (χ1n) is 8.03. The first-order chi connectivity index (χ1) is 12.4. The van der Waals surface area contributed by atoms with Crippen LogP contribution in [0.15, 0.2) is 32.3 Å². The standard InChI is InChI=1S/C16H17BrN2O5S2/c17-15-1-2-16(25-15)26(21,22)19-5-3-18(4-6-19)9-11-7-13-14(8-12(11)20)24-10-23-13/h1-2,7-8,20H,3-6,9-10H2. The van der Waals surface area contributed by atoms with Crippen molar-refractivity contribution in [1.82, 2.24) is 9.21 Å². The van der Waals surface area contributed by atoms with Gasteiger partial charge in [0.25, 0.3) is 10.0 Å². The van der Waals surface area contributed by atoms with Crippen molar-refractivity contribution in [2.24, 2.45) is 0 Å². The van der Waals surface area contributed by atoms with Gasteiger partial charge in [-0.05, 0) is 34.1 Å². The van der Waals surface area contributed by atoms with E-state index >= 15 is 0 Å². The summed E-state index contributed by atoms with van der Waals surface area (Å²) in [6.07, 6.45) is 0. The Morgan fingerprint density at radius 3 is 2.46 bits per heavy atom. The Balaban J connectivity index is 1.41. The summed E-state index contributed by atoms with van der Waals surface area (Å²) < 4.78 is 38.6. The number of fused-ring (bicyclic) bond motifs is 1. The molecule has 10 heteroatoms. The number of ether oxygens (including phenoxy) is 2. The molecule has 7 nitrogen and oxygen atoms in total. The molecule has 2 aliphatic rings. The highest BCUT2D eigenvalue weighted by atomic mass is 79.9. The number of halogens is 1. The first-order valence-corrected chi connectivity index (χ1v) is 11.1. The molecule has 140 valence electrons. The molecular formula is C16H17BrN2O5S2. The van der Waals surface area contributed by atoms with Crippen molar-refractivity contribution >= 4 is 37.3 Å². The van der Waals surface area contributed by atoms with Gasteiger partial charge in [-0.15, -0.1) is 11.3 Å². The third-order valence-electron chi connectivity index (χ3n) is 4.44. The fourth-order valence-corrected chi connectivity index (χ4v) is 6.62. The molecule has 2 aromatic rings. The van der Waals surface area contributed by atoms with Crippen LogP contribution in [0.1, 0.15) is 5.56 Å². The number of piperazine rings is 1. The summed E-state index contributed by atoms with van der Waals surface area (Å²) in [7, 11) is -3.44. The SMILES string of the molecule is O=S(=O)(c1ccc(Br)s1)N1CCN(Cc2cc3c(cc2O)OCO3)CC1. The van der Waals surface area contributed by atoms with Crippen LogP contribution in [-0.2, 0) is 16.6 Å². The van der Waals surface area contributed by atoms with Crippen LogP contribution in [0.3, 0.4) is 0 Å². The Morgan fingerprint density at radius 1 is 1.12 bits per heavy atom. The summed E-state index contributed by atoms with van der Waals surface area (Å²) in [6, 6.07) is 6.72. The number of benzene rings is 1. The monoisotopic (exact) mass is 460 g/mol. The molecule has 0 radical (unpaired) electrons. The smallest absolute Gasteiger partial charge is 0.252 e. The Morgan fingerprint density at radius 2 is 1.81 bits per heavy atom. The van der Waals surface area contributed by atoms with Gasteiger partial charge in [0.2, 0.25) is 6.79 Å². The minimum Gasteiger partial charge on any atom is -0.507 e. The van der Waals surface area contributed by atoms with E-state index < -0.39 is 10.0 Å². The Labute approximate surface area is 163 Å². The Bertz CT molecular complexity index is 923. The fourth-order valence-electron chi connectivity index (χ4n) is 3.03. The summed E-state index contributed by atoms with van der Waals surface area (Å²) in [4.78, 5) is 2.12. The second-order valence-corrected chi connectivity index (χ2v) is 10.7. The van der Waals surface area contributed by atoms with Gasteiger partial charge in [-0.1, -0.05) is 0 Å². The molecule has 1 N–H and O–H groups in total. The van der Waals surface area contributed by atoms with E-state index in [-0.39, 0.29) is 12.5 Å². The zero-order valence-electron chi connectivity index (χ0n) is 13.7. The van der Waals surface area contributed by atoms with Crippen LogP contribution in [0.25, 0.3) is 0 Å². The van der Waals surface area contributed by atoms with E-state index in [1.165, 1.54) is 15.6 Å². The highest BCUT2D eigenvalue weighted by Crippen LogP contribution is 2.38. The van der Waals surface area contributed by atoms with Crippen molar-refractivity contribution in [3.05, 3.63) is 33.6 Å². The zero-order chi connectivity index (χ0) is 18.3. The van der Waals surface area contributed by atoms with Gasteiger partial charge < -0.3 is 14.6 Å². The van der Waals surface area contributed by atoms with Crippen LogP contribution >= 0.6 is 27.3 Å². The second-order valence-electron chi connectivity index (χ2n) is 6.07. The molecule has 3 heterocycles. The number of sulfonamides is 1. The van der Waals surface area contributed by atoms with Gasteiger partial charge in [-0.3, -0.25) is 4.90 Å². The van der Waals surface area contributed by atoms with Gasteiger partial charge in [-0.25, -0.2) is 8.42 Å². The van der Waals surface area contributed by atoms with Crippen LogP contribution in [0, 0.1) is 0 Å². The summed E-state index contributed by atoms with van der Waals surface area (Å²) in [5.74, 6) is 1.33. The number of thiophene rings is 1. The van der Waals surface area contributed by atoms with E-state index in [0.29, 0.717) is 48.4 Å². The van der Waals surface area contributed by atoms with Gasteiger partial charge in [0, 0.05) is 44.4 Å². The van der Waals surface area contributed by atoms with E-state index in [1.54, 1.807) is 24.3 Å². The van der Waals surface area contributed by atoms with E-state index in [0.717, 1.165) is 9.35 Å². The average Bonchev–Trinajstić information content (AvgIpc) is 3.24. The van der Waals surface area contributed by atoms with Gasteiger partial charge in [0.15, 0.2) is 11.5 Å². The van der Waals surface area contributed by atoms with Crippen LogP contribution in [0.5, 0.6) is 17.2 Å². The summed E-state index contributed by atoms with van der Waals surface area (Å²) in [5.41, 5.74) is 0.743. The quantitative estimate of drug-likeness (QED) is 0.754. The third kappa shape index (κ3) is 3.44. The summed E-state index contributed by atoms with van der Waals surface area (Å²) >= 11 is 4.53. The number of nitrogens with zero attached hydrogens (tertiary/aromatic N) is 2. The highest BCUT2D eigenvalue weighted by molar-refractivity contribution is 9.11. The number of phenolic OH excluding ortho intramolecular Hbond substituents is 1. The molecule has 0 bridgehead atoms. The van der Waals surface area contributed by atoms with Crippen molar-refractivity contribution in [1.29, 1.82) is 0 Å². The van der Waals surface area contributed by atoms with Crippen molar-refractivity contribution < 1.29 is 23.0 Å². The van der Waals surface area contributed by atoms with E-state index in [4.69, 9.17) is 9.47 Å². The molecule has 1 saturated heterocycles. The molecule has 0 amide bonds. The molecule has 0 unspecified atom stereocenters. The lowest BCUT2D eigenvalue weighted by molar-refractivity contribution is 0.173. The van der Waals surface area contributed by atoms with Gasteiger partial charge in [-0.2, -0.15) is 4.31 Å². The number of hydrogen-bond acceptors (Lipinski definition) is 7. The minimum absolute atomic E-state index is 0.160. The normalized spacial score (nSPS) is 18.3. The molecule has 0 saturated carbocycles. The maximum absolute atomic E-state index is 12.7. The van der Waals surface area contributed by atoms with Crippen molar-refractivity contribution in [3.8, 4) is 17.2 Å². The lowest BCUT2D eigenvalue weighted by Crippen LogP contribution is -2.48. The van der Waals surface area contributed by atoms with Crippen molar-refractivity contribution in [2.75, 3.05) is 33.0 Å². The van der Waals surface area contributed by atoms with E-state index in [1.807, 2.05) is 0 Å². The maximum atomic E-state index is 12.7. The van der Waals surface area contributed by atoms with Gasteiger partial charge >= 0.3 is 0 Å². The third-order valence-corrected chi connectivity index (χ3v) is 8.43. The molecule has 1 aromatic heterocycles. The van der Waals surface area contributed by atoms with Crippen LogP contribution < -0.4 is 9.47 Å². The van der Waals surface area contributed by atoms with Crippen LogP contribution in [0.4, 0.5) is 0 Å². The molecule has 0 spiro atoms. The molecule has 1 fully saturated rings. The topological polar surface area (TPSA) is 79.3 Å². The number of aromatic hydroxyl groups is 1. The number of rotatable bonds is 4. The van der Waals surface area contributed by atoms with Gasteiger partial charge in [0.1, 0.15) is 9.96 Å². The molecule has 4 rings (SSSR count). The maximum Gasteiger partial charge on any atom is 0.252 e. The largest absolute Gasteiger partial charge is 0.507 e. The minimum atomic E-state index is -3.44. The number of hydrogen-bond donors (Lipinski definition) is 1. The predicted octanol–water partition coefficient (Wildman–Crippen LogP) is 2.45. The van der Waals surface area contributed by atoms with Crippen molar-refractivity contribution in [2.45, 2.75) is 10.8 Å².